The summed E-state index contributed by atoms with van der Waals surface area (Å²) in [6, 6.07) is 17.8. The lowest BCUT2D eigenvalue weighted by Gasteiger charge is -2.28. The van der Waals surface area contributed by atoms with Crippen molar-refractivity contribution in [2.75, 3.05) is 7.11 Å². The quantitative estimate of drug-likeness (QED) is 0.282. The van der Waals surface area contributed by atoms with E-state index in [4.69, 9.17) is 4.74 Å². The van der Waals surface area contributed by atoms with Crippen molar-refractivity contribution in [1.82, 2.24) is 0 Å². The van der Waals surface area contributed by atoms with Crippen molar-refractivity contribution in [3.63, 3.8) is 0 Å². The van der Waals surface area contributed by atoms with Crippen LogP contribution in [0.4, 0.5) is 4.39 Å². The number of methoxy groups -OCH3 is 1. The predicted molar refractivity (Wildman–Crippen MR) is 138 cm³/mol. The Labute approximate surface area is 199 Å². The van der Waals surface area contributed by atoms with E-state index in [0.717, 1.165) is 35.0 Å². The fourth-order valence-corrected chi connectivity index (χ4v) is 5.53. The Kier molecular flexibility index (Phi) is 8.42. The second-order valence-electron chi connectivity index (χ2n) is 9.99. The molecule has 0 aliphatic heterocycles. The maximum Gasteiger partial charge on any atom is 0.138 e. The van der Waals surface area contributed by atoms with Crippen LogP contribution in [0.25, 0.3) is 21.9 Å². The second kappa shape index (κ2) is 11.7. The van der Waals surface area contributed by atoms with E-state index in [2.05, 4.69) is 25.1 Å². The predicted octanol–water partition coefficient (Wildman–Crippen LogP) is 9.36. The highest BCUT2D eigenvalue weighted by atomic mass is 19.1. The Morgan fingerprint density at radius 2 is 1.55 bits per heavy atom. The van der Waals surface area contributed by atoms with E-state index in [1.807, 2.05) is 36.4 Å². The molecule has 176 valence electrons. The summed E-state index contributed by atoms with van der Waals surface area (Å²) in [7, 11) is 1.64. The average molecular weight is 447 g/mol. The van der Waals surface area contributed by atoms with E-state index in [-0.39, 0.29) is 5.82 Å². The fraction of sp³-hybridized carbons (Fsp3) is 0.484. The molecule has 0 aromatic heterocycles. The molecule has 0 N–H and O–H groups in total. The summed E-state index contributed by atoms with van der Waals surface area (Å²) in [4.78, 5) is 0. The number of halogens is 1. The molecule has 1 nitrogen and oxygen atoms in total. The van der Waals surface area contributed by atoms with Crippen LogP contribution in [0.15, 0.2) is 54.6 Å². The Morgan fingerprint density at radius 3 is 2.24 bits per heavy atom. The van der Waals surface area contributed by atoms with Crippen LogP contribution < -0.4 is 4.74 Å². The number of unbranched alkanes of at least 4 members (excludes halogenated alkanes) is 3. The van der Waals surface area contributed by atoms with Gasteiger partial charge in [0.2, 0.25) is 0 Å². The first kappa shape index (κ1) is 23.8. The van der Waals surface area contributed by atoms with Crippen LogP contribution in [0.3, 0.4) is 0 Å². The monoisotopic (exact) mass is 446 g/mol. The molecule has 0 heterocycles. The molecule has 0 saturated heterocycles. The molecular weight excluding hydrogens is 407 g/mol. The highest BCUT2D eigenvalue weighted by Crippen LogP contribution is 2.35. The molecule has 1 saturated carbocycles. The van der Waals surface area contributed by atoms with Crippen LogP contribution in [-0.2, 0) is 6.42 Å². The first-order valence-electron chi connectivity index (χ1n) is 13.0. The summed E-state index contributed by atoms with van der Waals surface area (Å²) >= 11 is 0. The van der Waals surface area contributed by atoms with E-state index in [1.165, 1.54) is 69.8 Å². The van der Waals surface area contributed by atoms with Gasteiger partial charge in [-0.05, 0) is 53.3 Å². The highest BCUT2D eigenvalue weighted by molar-refractivity contribution is 5.88. The minimum atomic E-state index is -0.138. The summed E-state index contributed by atoms with van der Waals surface area (Å²) < 4.78 is 20.5. The first-order valence-corrected chi connectivity index (χ1v) is 13.0. The van der Waals surface area contributed by atoms with Crippen molar-refractivity contribution in [3.05, 3.63) is 66.0 Å². The molecule has 1 aliphatic carbocycles. The van der Waals surface area contributed by atoms with Gasteiger partial charge in [0.05, 0.1) is 7.11 Å². The molecule has 0 radical (unpaired) electrons. The van der Waals surface area contributed by atoms with Gasteiger partial charge < -0.3 is 4.74 Å². The third kappa shape index (κ3) is 6.16. The normalized spacial score (nSPS) is 18.5. The molecule has 0 atom stereocenters. The van der Waals surface area contributed by atoms with Crippen LogP contribution in [0.1, 0.15) is 76.7 Å². The van der Waals surface area contributed by atoms with E-state index < -0.39 is 0 Å². The molecule has 3 aromatic carbocycles. The lowest BCUT2D eigenvalue weighted by molar-refractivity contribution is 0.249. The molecule has 2 heteroatoms. The lowest BCUT2D eigenvalue weighted by Crippen LogP contribution is -2.15. The highest BCUT2D eigenvalue weighted by Gasteiger charge is 2.20. The Morgan fingerprint density at radius 1 is 0.818 bits per heavy atom. The maximum absolute atomic E-state index is 15.3. The Bertz CT molecular complexity index is 1020. The van der Waals surface area contributed by atoms with Gasteiger partial charge in [0.1, 0.15) is 11.6 Å². The summed E-state index contributed by atoms with van der Waals surface area (Å²) in [5.74, 6) is 2.48. The van der Waals surface area contributed by atoms with Crippen LogP contribution in [-0.4, -0.2) is 7.11 Å². The van der Waals surface area contributed by atoms with Crippen molar-refractivity contribution in [1.29, 1.82) is 0 Å². The molecule has 33 heavy (non-hydrogen) atoms. The molecule has 0 amide bonds. The van der Waals surface area contributed by atoms with Crippen molar-refractivity contribution in [2.24, 2.45) is 11.8 Å². The zero-order valence-electron chi connectivity index (χ0n) is 20.4. The molecule has 0 unspecified atom stereocenters. The number of hydrogen-bond acceptors (Lipinski definition) is 1. The fourth-order valence-electron chi connectivity index (χ4n) is 5.53. The smallest absolute Gasteiger partial charge is 0.138 e. The van der Waals surface area contributed by atoms with Gasteiger partial charge in [-0.25, -0.2) is 4.39 Å². The number of aryl methyl sites for hydroxylation is 1. The number of fused-ring (bicyclic) bond motifs is 1. The largest absolute Gasteiger partial charge is 0.497 e. The zero-order chi connectivity index (χ0) is 23.0. The van der Waals surface area contributed by atoms with Crippen molar-refractivity contribution >= 4 is 10.8 Å². The van der Waals surface area contributed by atoms with Crippen LogP contribution >= 0.6 is 0 Å². The SMILES string of the molecule is CCCCCC[C@H]1CC[C@H](CCc2ccc3c(F)c(-c4ccc(OC)cc4)ccc3c2)CC1. The summed E-state index contributed by atoms with van der Waals surface area (Å²) in [5.41, 5.74) is 2.85. The van der Waals surface area contributed by atoms with Gasteiger partial charge in [-0.15, -0.1) is 0 Å². The Balaban J connectivity index is 1.33. The van der Waals surface area contributed by atoms with Gasteiger partial charge in [0.15, 0.2) is 0 Å². The zero-order valence-corrected chi connectivity index (χ0v) is 20.4. The van der Waals surface area contributed by atoms with Gasteiger partial charge in [-0.1, -0.05) is 107 Å². The molecule has 1 aliphatic rings. The third-order valence-electron chi connectivity index (χ3n) is 7.69. The van der Waals surface area contributed by atoms with Crippen LogP contribution in [0, 0.1) is 17.7 Å². The standard InChI is InChI=1S/C31H39FO/c1-3-4-5-6-7-23-8-10-24(11-9-23)12-13-25-14-20-30-27(22-25)17-21-29(31(30)32)26-15-18-28(33-2)19-16-26/h14-24H,3-13H2,1-2H3/t23-,24-. The van der Waals surface area contributed by atoms with Gasteiger partial charge in [-0.2, -0.15) is 0 Å². The van der Waals surface area contributed by atoms with Gasteiger partial charge in [0.25, 0.3) is 0 Å². The van der Waals surface area contributed by atoms with Crippen LogP contribution in [0.5, 0.6) is 5.75 Å². The van der Waals surface area contributed by atoms with Gasteiger partial charge in [0, 0.05) is 10.9 Å². The molecule has 3 aromatic rings. The number of rotatable bonds is 10. The lowest BCUT2D eigenvalue weighted by atomic mass is 9.77. The minimum Gasteiger partial charge on any atom is -0.497 e. The van der Waals surface area contributed by atoms with E-state index in [0.29, 0.717) is 10.9 Å². The van der Waals surface area contributed by atoms with Gasteiger partial charge in [-0.3, -0.25) is 0 Å². The van der Waals surface area contributed by atoms with Crippen LogP contribution in [0.2, 0.25) is 0 Å². The van der Waals surface area contributed by atoms with Crippen molar-refractivity contribution in [2.45, 2.75) is 77.6 Å². The van der Waals surface area contributed by atoms with Crippen molar-refractivity contribution in [3.8, 4) is 16.9 Å². The maximum atomic E-state index is 15.3. The molecule has 1 fully saturated rings. The average Bonchev–Trinajstić information content (AvgIpc) is 2.86. The summed E-state index contributed by atoms with van der Waals surface area (Å²) in [5, 5.41) is 1.70. The summed E-state index contributed by atoms with van der Waals surface area (Å²) in [6.45, 7) is 2.29. The number of hydrogen-bond donors (Lipinski definition) is 0. The topological polar surface area (TPSA) is 9.23 Å². The van der Waals surface area contributed by atoms with E-state index in [1.54, 1.807) is 7.11 Å². The molecule has 0 bridgehead atoms. The molecule has 0 spiro atoms. The molecule has 4 rings (SSSR count). The third-order valence-corrected chi connectivity index (χ3v) is 7.69. The van der Waals surface area contributed by atoms with E-state index in [9.17, 15) is 0 Å². The second-order valence-corrected chi connectivity index (χ2v) is 9.99. The van der Waals surface area contributed by atoms with Crippen molar-refractivity contribution < 1.29 is 9.13 Å². The summed E-state index contributed by atoms with van der Waals surface area (Å²) in [6.07, 6.45) is 15.0. The number of ether oxygens (including phenoxy) is 1. The van der Waals surface area contributed by atoms with Gasteiger partial charge >= 0.3 is 0 Å². The number of benzene rings is 3. The Hall–Kier alpha value is -2.35. The minimum absolute atomic E-state index is 0.138. The molecular formula is C31H39FO. The van der Waals surface area contributed by atoms with E-state index >= 15 is 4.39 Å². The first-order chi connectivity index (χ1) is 16.2.